The highest BCUT2D eigenvalue weighted by molar-refractivity contribution is 7.11. The minimum atomic E-state index is -4.71. The van der Waals surface area contributed by atoms with Crippen LogP contribution in [0.4, 0.5) is 17.6 Å². The van der Waals surface area contributed by atoms with Crippen molar-refractivity contribution in [1.29, 1.82) is 0 Å². The molecule has 0 fully saturated rings. The molecule has 0 unspecified atom stereocenters. The Labute approximate surface area is 171 Å². The molecule has 0 saturated carbocycles. The molecule has 0 amide bonds. The van der Waals surface area contributed by atoms with Gasteiger partial charge in [-0.3, -0.25) is 0 Å². The number of nitrogens with two attached hydrogens (primary N) is 1. The quantitative estimate of drug-likeness (QED) is 0.469. The van der Waals surface area contributed by atoms with E-state index in [9.17, 15) is 17.6 Å². The number of ether oxygens (including phenoxy) is 1. The van der Waals surface area contributed by atoms with Crippen molar-refractivity contribution in [2.45, 2.75) is 26.3 Å². The average Bonchev–Trinajstić information content (AvgIpc) is 3.29. The lowest BCUT2D eigenvalue weighted by Gasteiger charge is -2.10. The summed E-state index contributed by atoms with van der Waals surface area (Å²) in [6.45, 7) is 1.92. The highest BCUT2D eigenvalue weighted by Crippen LogP contribution is 2.36. The maximum absolute atomic E-state index is 13.6. The van der Waals surface area contributed by atoms with E-state index in [1.54, 1.807) is 6.20 Å². The van der Waals surface area contributed by atoms with Crippen molar-refractivity contribution in [2.75, 3.05) is 0 Å². The summed E-state index contributed by atoms with van der Waals surface area (Å²) in [5, 5.41) is 4.18. The highest BCUT2D eigenvalue weighted by Gasteiger charge is 2.38. The molecule has 0 atom stereocenters. The number of aryl methyl sites for hydroxylation is 1. The number of pyridine rings is 1. The van der Waals surface area contributed by atoms with Crippen molar-refractivity contribution < 1.29 is 22.3 Å². The number of halogens is 4. The Bertz CT molecular complexity index is 1200. The van der Waals surface area contributed by atoms with Gasteiger partial charge < -0.3 is 10.5 Å². The van der Waals surface area contributed by atoms with E-state index in [-0.39, 0.29) is 35.8 Å². The van der Waals surface area contributed by atoms with E-state index < -0.39 is 17.7 Å². The van der Waals surface area contributed by atoms with Crippen molar-refractivity contribution in [3.63, 3.8) is 0 Å². The smallest absolute Gasteiger partial charge is 0.435 e. The molecule has 4 aromatic rings. The standard InChI is InChI=1S/C19H15F4N5OS/c1-10-8-25-15(30-10)9-29-18-11(7-24)6-14-16(19(21,22)23)27-28(17(14)26-18)13-4-2-12(20)3-5-13/h2-6,8H,7,9,24H2,1H3. The highest BCUT2D eigenvalue weighted by atomic mass is 32.1. The van der Waals surface area contributed by atoms with Crippen LogP contribution in [0.3, 0.4) is 0 Å². The molecule has 1 aromatic carbocycles. The zero-order chi connectivity index (χ0) is 21.5. The van der Waals surface area contributed by atoms with Crippen LogP contribution in [0.2, 0.25) is 0 Å². The zero-order valence-electron chi connectivity index (χ0n) is 15.6. The van der Waals surface area contributed by atoms with E-state index >= 15 is 0 Å². The fourth-order valence-electron chi connectivity index (χ4n) is 2.91. The molecular formula is C19H15F4N5OS. The number of rotatable bonds is 5. The van der Waals surface area contributed by atoms with Gasteiger partial charge in [-0.25, -0.2) is 14.1 Å². The van der Waals surface area contributed by atoms with Crippen LogP contribution in [0.25, 0.3) is 16.7 Å². The van der Waals surface area contributed by atoms with E-state index in [0.29, 0.717) is 10.6 Å². The van der Waals surface area contributed by atoms with Gasteiger partial charge in [-0.1, -0.05) is 0 Å². The Morgan fingerprint density at radius 3 is 2.53 bits per heavy atom. The van der Waals surface area contributed by atoms with Gasteiger partial charge in [-0.2, -0.15) is 23.3 Å². The molecule has 3 aromatic heterocycles. The first-order chi connectivity index (χ1) is 14.3. The Kier molecular flexibility index (Phi) is 5.16. The Balaban J connectivity index is 1.85. The van der Waals surface area contributed by atoms with Gasteiger partial charge in [-0.15, -0.1) is 11.3 Å². The first kappa shape index (κ1) is 20.2. The monoisotopic (exact) mass is 437 g/mol. The Hall–Kier alpha value is -3.05. The number of fused-ring (bicyclic) bond motifs is 1. The molecule has 2 N–H and O–H groups in total. The lowest BCUT2D eigenvalue weighted by atomic mass is 10.2. The van der Waals surface area contributed by atoms with Crippen LogP contribution in [-0.4, -0.2) is 19.7 Å². The number of benzene rings is 1. The van der Waals surface area contributed by atoms with E-state index in [2.05, 4.69) is 15.1 Å². The van der Waals surface area contributed by atoms with Gasteiger partial charge in [-0.05, 0) is 37.3 Å². The Morgan fingerprint density at radius 1 is 1.20 bits per heavy atom. The molecule has 11 heteroatoms. The van der Waals surface area contributed by atoms with Crippen molar-refractivity contribution in [3.8, 4) is 11.6 Å². The van der Waals surface area contributed by atoms with Crippen molar-refractivity contribution >= 4 is 22.4 Å². The molecule has 4 rings (SSSR count). The molecule has 0 aliphatic heterocycles. The lowest BCUT2D eigenvalue weighted by molar-refractivity contribution is -0.140. The summed E-state index contributed by atoms with van der Waals surface area (Å²) >= 11 is 1.44. The van der Waals surface area contributed by atoms with Crippen LogP contribution in [0, 0.1) is 12.7 Å². The second-order valence-corrected chi connectivity index (χ2v) is 7.74. The number of alkyl halides is 3. The molecule has 0 aliphatic carbocycles. The number of hydrogen-bond acceptors (Lipinski definition) is 6. The summed E-state index contributed by atoms with van der Waals surface area (Å²) < 4.78 is 60.8. The molecule has 0 saturated heterocycles. The van der Waals surface area contributed by atoms with E-state index in [1.807, 2.05) is 6.92 Å². The van der Waals surface area contributed by atoms with Crippen LogP contribution in [0.15, 0.2) is 36.5 Å². The molecule has 156 valence electrons. The normalized spacial score (nSPS) is 11.9. The first-order valence-corrected chi connectivity index (χ1v) is 9.58. The van der Waals surface area contributed by atoms with Gasteiger partial charge >= 0.3 is 6.18 Å². The predicted octanol–water partition coefficient (Wildman–Crippen LogP) is 4.38. The molecule has 6 nitrogen and oxygen atoms in total. The summed E-state index contributed by atoms with van der Waals surface area (Å²) in [6.07, 6.45) is -3.01. The fraction of sp³-hybridized carbons (Fsp3) is 0.211. The molecule has 30 heavy (non-hydrogen) atoms. The van der Waals surface area contributed by atoms with E-state index in [0.717, 1.165) is 21.7 Å². The van der Waals surface area contributed by atoms with Crippen molar-refractivity contribution in [3.05, 3.63) is 63.5 Å². The average molecular weight is 437 g/mol. The molecule has 0 aliphatic rings. The number of aromatic nitrogens is 4. The summed E-state index contributed by atoms with van der Waals surface area (Å²) in [5.41, 5.74) is 5.08. The summed E-state index contributed by atoms with van der Waals surface area (Å²) in [4.78, 5) is 9.47. The summed E-state index contributed by atoms with van der Waals surface area (Å²) in [5.74, 6) is -0.428. The molecule has 0 spiro atoms. The van der Waals surface area contributed by atoms with Crippen LogP contribution in [0.5, 0.6) is 5.88 Å². The maximum atomic E-state index is 13.6. The van der Waals surface area contributed by atoms with Crippen molar-refractivity contribution in [1.82, 2.24) is 19.7 Å². The topological polar surface area (TPSA) is 78.8 Å². The third kappa shape index (κ3) is 3.85. The summed E-state index contributed by atoms with van der Waals surface area (Å²) in [7, 11) is 0. The fourth-order valence-corrected chi connectivity index (χ4v) is 3.61. The molecule has 0 radical (unpaired) electrons. The van der Waals surface area contributed by atoms with Gasteiger partial charge in [0.1, 0.15) is 17.4 Å². The van der Waals surface area contributed by atoms with Gasteiger partial charge in [0, 0.05) is 23.2 Å². The van der Waals surface area contributed by atoms with Gasteiger partial charge in [0.25, 0.3) is 0 Å². The minimum absolute atomic E-state index is 0.0727. The summed E-state index contributed by atoms with van der Waals surface area (Å²) in [6, 6.07) is 6.18. The number of hydrogen-bond donors (Lipinski definition) is 1. The number of thiazole rings is 1. The van der Waals surface area contributed by atoms with Gasteiger partial charge in [0.05, 0.1) is 11.1 Å². The third-order valence-electron chi connectivity index (χ3n) is 4.26. The van der Waals surface area contributed by atoms with Crippen LogP contribution >= 0.6 is 11.3 Å². The number of nitrogens with zero attached hydrogens (tertiary/aromatic N) is 4. The first-order valence-electron chi connectivity index (χ1n) is 8.76. The molecule has 3 heterocycles. The SMILES string of the molecule is Cc1cnc(COc2nc3c(cc2CN)c(C(F)(F)F)nn3-c2ccc(F)cc2)s1. The van der Waals surface area contributed by atoms with Gasteiger partial charge in [0.2, 0.25) is 5.88 Å². The zero-order valence-corrected chi connectivity index (χ0v) is 16.4. The van der Waals surface area contributed by atoms with Crippen LogP contribution < -0.4 is 10.5 Å². The second kappa shape index (κ2) is 7.65. The van der Waals surface area contributed by atoms with Crippen LogP contribution in [-0.2, 0) is 19.3 Å². The van der Waals surface area contributed by atoms with E-state index in [4.69, 9.17) is 10.5 Å². The lowest BCUT2D eigenvalue weighted by Crippen LogP contribution is -2.08. The van der Waals surface area contributed by atoms with E-state index in [1.165, 1.54) is 29.5 Å². The largest absolute Gasteiger partial charge is 0.470 e. The predicted molar refractivity (Wildman–Crippen MR) is 103 cm³/mol. The Morgan fingerprint density at radius 2 is 1.93 bits per heavy atom. The molecular weight excluding hydrogens is 422 g/mol. The second-order valence-electron chi connectivity index (χ2n) is 6.42. The third-order valence-corrected chi connectivity index (χ3v) is 5.14. The minimum Gasteiger partial charge on any atom is -0.470 e. The van der Waals surface area contributed by atoms with Crippen molar-refractivity contribution in [2.24, 2.45) is 5.73 Å². The maximum Gasteiger partial charge on any atom is 0.435 e. The van der Waals surface area contributed by atoms with Gasteiger partial charge in [0.15, 0.2) is 11.3 Å². The molecule has 0 bridgehead atoms. The van der Waals surface area contributed by atoms with Crippen LogP contribution in [0.1, 0.15) is 21.1 Å².